The Morgan fingerprint density at radius 3 is 2.26 bits per heavy atom. The SMILES string of the molecule is O=C(CC1CCSCC1)NC1CCC(C(=O)O)CC1. The van der Waals surface area contributed by atoms with Crippen molar-refractivity contribution in [1.82, 2.24) is 5.32 Å². The van der Waals surface area contributed by atoms with Crippen molar-refractivity contribution >= 4 is 23.6 Å². The van der Waals surface area contributed by atoms with Gasteiger partial charge < -0.3 is 10.4 Å². The second kappa shape index (κ2) is 7.17. The maximum atomic E-state index is 12.0. The minimum absolute atomic E-state index is 0.163. The summed E-state index contributed by atoms with van der Waals surface area (Å²) in [6.45, 7) is 0. The number of hydrogen-bond acceptors (Lipinski definition) is 3. The summed E-state index contributed by atoms with van der Waals surface area (Å²) < 4.78 is 0. The predicted octanol–water partition coefficient (Wildman–Crippen LogP) is 2.28. The van der Waals surface area contributed by atoms with Gasteiger partial charge in [-0.15, -0.1) is 0 Å². The Morgan fingerprint density at radius 2 is 1.68 bits per heavy atom. The average Bonchev–Trinajstić information content (AvgIpc) is 2.40. The molecule has 1 saturated carbocycles. The van der Waals surface area contributed by atoms with Crippen molar-refractivity contribution in [2.75, 3.05) is 11.5 Å². The molecule has 108 valence electrons. The molecule has 0 atom stereocenters. The first kappa shape index (κ1) is 14.7. The summed E-state index contributed by atoms with van der Waals surface area (Å²) in [4.78, 5) is 22.8. The van der Waals surface area contributed by atoms with Gasteiger partial charge in [0.05, 0.1) is 5.92 Å². The van der Waals surface area contributed by atoms with Crippen LogP contribution in [0.3, 0.4) is 0 Å². The molecule has 0 aromatic carbocycles. The first-order chi connectivity index (χ1) is 9.15. The van der Waals surface area contributed by atoms with Gasteiger partial charge in [-0.1, -0.05) is 0 Å². The van der Waals surface area contributed by atoms with Crippen molar-refractivity contribution < 1.29 is 14.7 Å². The van der Waals surface area contributed by atoms with Crippen LogP contribution in [0, 0.1) is 11.8 Å². The van der Waals surface area contributed by atoms with Crippen LogP contribution < -0.4 is 5.32 Å². The summed E-state index contributed by atoms with van der Waals surface area (Å²) in [6.07, 6.45) is 5.97. The molecule has 4 nitrogen and oxygen atoms in total. The van der Waals surface area contributed by atoms with Crippen molar-refractivity contribution in [3.63, 3.8) is 0 Å². The highest BCUT2D eigenvalue weighted by molar-refractivity contribution is 7.99. The second-order valence-corrected chi connectivity index (χ2v) is 6.94. The van der Waals surface area contributed by atoms with Gasteiger partial charge in [-0.25, -0.2) is 0 Å². The molecule has 2 fully saturated rings. The van der Waals surface area contributed by atoms with Gasteiger partial charge in [0.25, 0.3) is 0 Å². The molecule has 1 aliphatic carbocycles. The number of thioether (sulfide) groups is 1. The first-order valence-corrected chi connectivity index (χ1v) is 8.40. The summed E-state index contributed by atoms with van der Waals surface area (Å²) in [5.74, 6) is 2.18. The molecule has 2 N–H and O–H groups in total. The Hall–Kier alpha value is -0.710. The molecule has 1 aliphatic heterocycles. The van der Waals surface area contributed by atoms with Crippen molar-refractivity contribution in [1.29, 1.82) is 0 Å². The van der Waals surface area contributed by atoms with Gasteiger partial charge in [-0.3, -0.25) is 9.59 Å². The van der Waals surface area contributed by atoms with Gasteiger partial charge in [0.15, 0.2) is 0 Å². The van der Waals surface area contributed by atoms with Crippen LogP contribution in [0.5, 0.6) is 0 Å². The van der Waals surface area contributed by atoms with Crippen LogP contribution >= 0.6 is 11.8 Å². The maximum absolute atomic E-state index is 12.0. The van der Waals surface area contributed by atoms with E-state index in [0.717, 1.165) is 25.7 Å². The Balaban J connectivity index is 1.67. The third kappa shape index (κ3) is 4.71. The van der Waals surface area contributed by atoms with Crippen molar-refractivity contribution in [2.45, 2.75) is 51.0 Å². The second-order valence-electron chi connectivity index (χ2n) is 5.71. The lowest BCUT2D eigenvalue weighted by Gasteiger charge is -2.28. The first-order valence-electron chi connectivity index (χ1n) is 7.25. The molecule has 0 radical (unpaired) electrons. The molecule has 0 bridgehead atoms. The van der Waals surface area contributed by atoms with Gasteiger partial charge in [-0.05, 0) is 55.9 Å². The zero-order chi connectivity index (χ0) is 13.7. The number of carbonyl (C=O) groups is 2. The van der Waals surface area contributed by atoms with Gasteiger partial charge in [0.2, 0.25) is 5.91 Å². The van der Waals surface area contributed by atoms with Crippen LogP contribution in [-0.4, -0.2) is 34.5 Å². The molecule has 0 unspecified atom stereocenters. The molecular formula is C14H23NO3S. The largest absolute Gasteiger partial charge is 0.481 e. The Morgan fingerprint density at radius 1 is 1.05 bits per heavy atom. The smallest absolute Gasteiger partial charge is 0.306 e. The lowest BCUT2D eigenvalue weighted by atomic mass is 9.86. The van der Waals surface area contributed by atoms with Crippen molar-refractivity contribution in [3.05, 3.63) is 0 Å². The molecule has 1 saturated heterocycles. The molecule has 19 heavy (non-hydrogen) atoms. The van der Waals surface area contributed by atoms with Crippen LogP contribution in [0.2, 0.25) is 0 Å². The molecule has 1 amide bonds. The summed E-state index contributed by atoms with van der Waals surface area (Å²) >= 11 is 1.98. The monoisotopic (exact) mass is 285 g/mol. The summed E-state index contributed by atoms with van der Waals surface area (Å²) in [5, 5.41) is 12.0. The Labute approximate surface area is 118 Å². The minimum Gasteiger partial charge on any atom is -0.481 e. The van der Waals surface area contributed by atoms with Gasteiger partial charge in [-0.2, -0.15) is 11.8 Å². The van der Waals surface area contributed by atoms with Gasteiger partial charge in [0.1, 0.15) is 0 Å². The van der Waals surface area contributed by atoms with E-state index in [4.69, 9.17) is 5.11 Å². The average molecular weight is 285 g/mol. The van der Waals surface area contributed by atoms with E-state index in [1.807, 2.05) is 11.8 Å². The Kier molecular flexibility index (Phi) is 5.55. The molecule has 1 heterocycles. The summed E-state index contributed by atoms with van der Waals surface area (Å²) in [5.41, 5.74) is 0. The normalized spacial score (nSPS) is 28.8. The molecule has 2 aliphatic rings. The number of carboxylic acid groups (broad SMARTS) is 1. The highest BCUT2D eigenvalue weighted by Crippen LogP contribution is 2.27. The Bertz CT molecular complexity index is 321. The van der Waals surface area contributed by atoms with Crippen LogP contribution in [-0.2, 0) is 9.59 Å². The fraction of sp³-hybridized carbons (Fsp3) is 0.857. The van der Waals surface area contributed by atoms with Crippen LogP contribution in [0.1, 0.15) is 44.9 Å². The van der Waals surface area contributed by atoms with E-state index in [1.165, 1.54) is 11.5 Å². The molecule has 0 spiro atoms. The number of hydrogen-bond donors (Lipinski definition) is 2. The van der Waals surface area contributed by atoms with Gasteiger partial charge in [0, 0.05) is 12.5 Å². The fourth-order valence-electron chi connectivity index (χ4n) is 2.98. The lowest BCUT2D eigenvalue weighted by molar-refractivity contribution is -0.142. The van der Waals surface area contributed by atoms with E-state index in [0.29, 0.717) is 25.2 Å². The molecule has 2 rings (SSSR count). The topological polar surface area (TPSA) is 66.4 Å². The van der Waals surface area contributed by atoms with E-state index >= 15 is 0 Å². The zero-order valence-electron chi connectivity index (χ0n) is 11.3. The maximum Gasteiger partial charge on any atom is 0.306 e. The third-order valence-electron chi connectivity index (χ3n) is 4.26. The van der Waals surface area contributed by atoms with Crippen LogP contribution in [0.25, 0.3) is 0 Å². The number of nitrogens with one attached hydrogen (secondary N) is 1. The van der Waals surface area contributed by atoms with Crippen molar-refractivity contribution in [3.8, 4) is 0 Å². The zero-order valence-corrected chi connectivity index (χ0v) is 12.1. The summed E-state index contributed by atoms with van der Waals surface area (Å²) in [7, 11) is 0. The number of carboxylic acids is 1. The third-order valence-corrected chi connectivity index (χ3v) is 5.31. The van der Waals surface area contributed by atoms with Crippen molar-refractivity contribution in [2.24, 2.45) is 11.8 Å². The summed E-state index contributed by atoms with van der Waals surface area (Å²) in [6, 6.07) is 0.195. The highest BCUT2D eigenvalue weighted by Gasteiger charge is 2.27. The van der Waals surface area contributed by atoms with Crippen LogP contribution in [0.15, 0.2) is 0 Å². The van der Waals surface area contributed by atoms with E-state index in [1.54, 1.807) is 0 Å². The molecule has 5 heteroatoms. The number of carbonyl (C=O) groups excluding carboxylic acids is 1. The van der Waals surface area contributed by atoms with Crippen LogP contribution in [0.4, 0.5) is 0 Å². The molecular weight excluding hydrogens is 262 g/mol. The lowest BCUT2D eigenvalue weighted by Crippen LogP contribution is -2.39. The van der Waals surface area contributed by atoms with E-state index in [9.17, 15) is 9.59 Å². The standard InChI is InChI=1S/C14H23NO3S/c16-13(9-10-5-7-19-8-6-10)15-12-3-1-11(2-4-12)14(17)18/h10-12H,1-9H2,(H,15,16)(H,17,18). The number of aliphatic carboxylic acids is 1. The highest BCUT2D eigenvalue weighted by atomic mass is 32.2. The molecule has 0 aromatic rings. The van der Waals surface area contributed by atoms with E-state index in [-0.39, 0.29) is 17.9 Å². The number of amides is 1. The fourth-order valence-corrected chi connectivity index (χ4v) is 4.19. The van der Waals surface area contributed by atoms with E-state index in [2.05, 4.69) is 5.32 Å². The number of rotatable bonds is 4. The molecule has 0 aromatic heterocycles. The van der Waals surface area contributed by atoms with E-state index < -0.39 is 5.97 Å². The predicted molar refractivity (Wildman–Crippen MR) is 76.2 cm³/mol. The quantitative estimate of drug-likeness (QED) is 0.831. The minimum atomic E-state index is -0.690. The van der Waals surface area contributed by atoms with Gasteiger partial charge >= 0.3 is 5.97 Å².